The van der Waals surface area contributed by atoms with Crippen LogP contribution in [0.2, 0.25) is 0 Å². The van der Waals surface area contributed by atoms with Crippen LogP contribution in [-0.2, 0) is 6.54 Å². The molecule has 2 rings (SSSR count). The van der Waals surface area contributed by atoms with Crippen molar-refractivity contribution in [3.63, 3.8) is 0 Å². The van der Waals surface area contributed by atoms with Crippen molar-refractivity contribution in [3.05, 3.63) is 23.0 Å². The fraction of sp³-hybridized carbons (Fsp3) is 0.706. The number of likely N-dealkylation sites (tertiary alicyclic amines) is 1. The number of Topliss-reactive ketones (excluding diaryl/α,β-unsaturated/α-hetero) is 1. The molecule has 2 unspecified atom stereocenters. The number of piperidine rings is 1. The average Bonchev–Trinajstić information content (AvgIpc) is 2.69. The molecule has 0 amide bonds. The van der Waals surface area contributed by atoms with Crippen LogP contribution in [0, 0.1) is 25.7 Å². The second-order valence-corrected chi connectivity index (χ2v) is 6.43. The van der Waals surface area contributed by atoms with Crippen LogP contribution in [0.5, 0.6) is 0 Å². The molecule has 0 bridgehead atoms. The van der Waals surface area contributed by atoms with Gasteiger partial charge in [0.2, 0.25) is 0 Å². The largest absolute Gasteiger partial charge is 0.349 e. The van der Waals surface area contributed by atoms with Gasteiger partial charge in [0.1, 0.15) is 0 Å². The lowest BCUT2D eigenvalue weighted by molar-refractivity contribution is 0.0848. The molecular weight excluding hydrogens is 248 g/mol. The van der Waals surface area contributed by atoms with Crippen LogP contribution in [0.25, 0.3) is 0 Å². The van der Waals surface area contributed by atoms with Crippen LogP contribution >= 0.6 is 0 Å². The molecule has 2 heterocycles. The van der Waals surface area contributed by atoms with E-state index >= 15 is 0 Å². The molecule has 0 saturated carbocycles. The van der Waals surface area contributed by atoms with Gasteiger partial charge in [-0.1, -0.05) is 13.8 Å². The normalized spacial score (nSPS) is 24.1. The Morgan fingerprint density at radius 2 is 2.00 bits per heavy atom. The zero-order valence-electron chi connectivity index (χ0n) is 13.6. The molecule has 1 aromatic heterocycles. The van der Waals surface area contributed by atoms with Gasteiger partial charge in [0, 0.05) is 30.0 Å². The number of nitrogens with zero attached hydrogens (tertiary/aromatic N) is 2. The SMILES string of the molecule is CCn1c(C)cc(C(=O)CN2CCC(C)C(C)C2)c1C. The minimum atomic E-state index is 0.277. The zero-order valence-corrected chi connectivity index (χ0v) is 13.6. The standard InChI is InChI=1S/C17H28N2O/c1-6-19-14(4)9-16(15(19)5)17(20)11-18-8-7-12(2)13(3)10-18/h9,12-13H,6-8,10-11H2,1-5H3. The summed E-state index contributed by atoms with van der Waals surface area (Å²) in [6.45, 7) is 14.5. The first-order valence-corrected chi connectivity index (χ1v) is 7.86. The van der Waals surface area contributed by atoms with Crippen LogP contribution in [0.3, 0.4) is 0 Å². The molecule has 0 aromatic carbocycles. The summed E-state index contributed by atoms with van der Waals surface area (Å²) in [6, 6.07) is 2.05. The Kier molecular flexibility index (Phi) is 4.69. The number of aromatic nitrogens is 1. The third kappa shape index (κ3) is 2.98. The van der Waals surface area contributed by atoms with Crippen molar-refractivity contribution >= 4 is 5.78 Å². The number of ketones is 1. The van der Waals surface area contributed by atoms with Gasteiger partial charge in [-0.15, -0.1) is 0 Å². The minimum absolute atomic E-state index is 0.277. The topological polar surface area (TPSA) is 25.2 Å². The summed E-state index contributed by atoms with van der Waals surface area (Å²) in [4.78, 5) is 14.9. The Labute approximate surface area is 123 Å². The van der Waals surface area contributed by atoms with Crippen molar-refractivity contribution in [1.82, 2.24) is 9.47 Å². The van der Waals surface area contributed by atoms with E-state index in [1.807, 2.05) is 0 Å². The molecule has 1 fully saturated rings. The number of hydrogen-bond donors (Lipinski definition) is 0. The molecule has 1 aliphatic heterocycles. The Hall–Kier alpha value is -1.09. The van der Waals surface area contributed by atoms with Gasteiger partial charge in [-0.25, -0.2) is 0 Å². The summed E-state index contributed by atoms with van der Waals surface area (Å²) < 4.78 is 2.22. The van der Waals surface area contributed by atoms with Gasteiger partial charge in [-0.3, -0.25) is 9.69 Å². The summed E-state index contributed by atoms with van der Waals surface area (Å²) >= 11 is 0. The van der Waals surface area contributed by atoms with E-state index in [1.165, 1.54) is 12.1 Å². The predicted molar refractivity (Wildman–Crippen MR) is 83.3 cm³/mol. The van der Waals surface area contributed by atoms with Crippen molar-refractivity contribution in [2.45, 2.75) is 47.6 Å². The third-order valence-corrected chi connectivity index (χ3v) is 4.98. The summed E-state index contributed by atoms with van der Waals surface area (Å²) in [6.07, 6.45) is 1.21. The van der Waals surface area contributed by atoms with Gasteiger partial charge in [0.15, 0.2) is 5.78 Å². The number of rotatable bonds is 4. The second kappa shape index (κ2) is 6.13. The van der Waals surface area contributed by atoms with Gasteiger partial charge in [-0.05, 0) is 51.6 Å². The number of carbonyl (C=O) groups excluding carboxylic acids is 1. The van der Waals surface area contributed by atoms with Crippen LogP contribution < -0.4 is 0 Å². The van der Waals surface area contributed by atoms with E-state index in [2.05, 4.69) is 50.2 Å². The molecule has 112 valence electrons. The van der Waals surface area contributed by atoms with E-state index < -0.39 is 0 Å². The molecule has 2 atom stereocenters. The Bertz CT molecular complexity index is 489. The fourth-order valence-corrected chi connectivity index (χ4v) is 3.35. The number of aryl methyl sites for hydroxylation is 1. The van der Waals surface area contributed by atoms with Gasteiger partial charge in [0.25, 0.3) is 0 Å². The maximum Gasteiger partial charge on any atom is 0.178 e. The molecule has 0 aliphatic carbocycles. The number of hydrogen-bond acceptors (Lipinski definition) is 2. The van der Waals surface area contributed by atoms with E-state index in [0.29, 0.717) is 12.5 Å². The highest BCUT2D eigenvalue weighted by Gasteiger charge is 2.25. The first-order valence-electron chi connectivity index (χ1n) is 7.86. The molecule has 20 heavy (non-hydrogen) atoms. The highest BCUT2D eigenvalue weighted by Crippen LogP contribution is 2.23. The minimum Gasteiger partial charge on any atom is -0.349 e. The highest BCUT2D eigenvalue weighted by molar-refractivity contribution is 5.99. The first kappa shape index (κ1) is 15.3. The van der Waals surface area contributed by atoms with Crippen molar-refractivity contribution < 1.29 is 4.79 Å². The Morgan fingerprint density at radius 1 is 1.30 bits per heavy atom. The quantitative estimate of drug-likeness (QED) is 0.789. The maximum absolute atomic E-state index is 12.5. The molecule has 1 aromatic rings. The lowest BCUT2D eigenvalue weighted by Gasteiger charge is -2.34. The van der Waals surface area contributed by atoms with E-state index in [4.69, 9.17) is 0 Å². The predicted octanol–water partition coefficient (Wildman–Crippen LogP) is 3.29. The number of carbonyl (C=O) groups is 1. The van der Waals surface area contributed by atoms with Crippen molar-refractivity contribution in [2.75, 3.05) is 19.6 Å². The van der Waals surface area contributed by atoms with E-state index in [-0.39, 0.29) is 5.78 Å². The van der Waals surface area contributed by atoms with Gasteiger partial charge in [-0.2, -0.15) is 0 Å². The molecular formula is C17H28N2O. The molecule has 0 spiro atoms. The van der Waals surface area contributed by atoms with Crippen LogP contribution in [0.1, 0.15) is 48.9 Å². The summed E-state index contributed by atoms with van der Waals surface area (Å²) in [5.41, 5.74) is 3.22. The Balaban J connectivity index is 2.05. The fourth-order valence-electron chi connectivity index (χ4n) is 3.35. The third-order valence-electron chi connectivity index (χ3n) is 4.98. The second-order valence-electron chi connectivity index (χ2n) is 6.43. The molecule has 0 N–H and O–H groups in total. The lowest BCUT2D eigenvalue weighted by Crippen LogP contribution is -2.41. The first-order chi connectivity index (χ1) is 9.43. The summed E-state index contributed by atoms with van der Waals surface area (Å²) in [7, 11) is 0. The van der Waals surface area contributed by atoms with Gasteiger partial charge in [0.05, 0.1) is 6.54 Å². The Morgan fingerprint density at radius 3 is 2.55 bits per heavy atom. The molecule has 3 nitrogen and oxygen atoms in total. The van der Waals surface area contributed by atoms with Crippen molar-refractivity contribution in [1.29, 1.82) is 0 Å². The van der Waals surface area contributed by atoms with Crippen LogP contribution in [0.4, 0.5) is 0 Å². The average molecular weight is 276 g/mol. The van der Waals surface area contributed by atoms with E-state index in [0.717, 1.165) is 36.8 Å². The monoisotopic (exact) mass is 276 g/mol. The molecule has 1 aliphatic rings. The van der Waals surface area contributed by atoms with Gasteiger partial charge < -0.3 is 4.57 Å². The zero-order chi connectivity index (χ0) is 14.9. The highest BCUT2D eigenvalue weighted by atomic mass is 16.1. The van der Waals surface area contributed by atoms with E-state index in [1.54, 1.807) is 0 Å². The van der Waals surface area contributed by atoms with Gasteiger partial charge >= 0.3 is 0 Å². The van der Waals surface area contributed by atoms with Crippen LogP contribution in [0.15, 0.2) is 6.07 Å². The summed E-state index contributed by atoms with van der Waals surface area (Å²) in [5.74, 6) is 1.76. The smallest absolute Gasteiger partial charge is 0.178 e. The lowest BCUT2D eigenvalue weighted by atomic mass is 9.88. The molecule has 1 saturated heterocycles. The maximum atomic E-state index is 12.5. The van der Waals surface area contributed by atoms with Crippen LogP contribution in [-0.4, -0.2) is 34.9 Å². The summed E-state index contributed by atoms with van der Waals surface area (Å²) in [5, 5.41) is 0. The van der Waals surface area contributed by atoms with Crippen molar-refractivity contribution in [3.8, 4) is 0 Å². The van der Waals surface area contributed by atoms with E-state index in [9.17, 15) is 4.79 Å². The molecule has 0 radical (unpaired) electrons. The molecule has 3 heteroatoms. The van der Waals surface area contributed by atoms with Crippen molar-refractivity contribution in [2.24, 2.45) is 11.8 Å².